The monoisotopic (exact) mass is 394 g/mol. The number of carbonyl (C=O) groups is 3. The number of amides is 4. The lowest BCUT2D eigenvalue weighted by molar-refractivity contribution is -0.136. The SMILES string of the molecule is Cc1ccc(S(=O)(=O)NC(=O)NNC(=O)C(=O)Nc2ccc(F)cc2)cc1. The molecule has 0 unspecified atom stereocenters. The van der Waals surface area contributed by atoms with Crippen molar-refractivity contribution in [1.82, 2.24) is 15.6 Å². The number of hydrogen-bond donors (Lipinski definition) is 4. The van der Waals surface area contributed by atoms with Gasteiger partial charge in [-0.15, -0.1) is 0 Å². The average molecular weight is 394 g/mol. The molecule has 0 saturated carbocycles. The number of benzene rings is 2. The van der Waals surface area contributed by atoms with Crippen LogP contribution in [0.4, 0.5) is 14.9 Å². The van der Waals surface area contributed by atoms with Crippen LogP contribution < -0.4 is 20.9 Å². The molecule has 0 aromatic heterocycles. The Kier molecular flexibility index (Phi) is 6.08. The Morgan fingerprint density at radius 3 is 2.04 bits per heavy atom. The van der Waals surface area contributed by atoms with E-state index in [2.05, 4.69) is 5.32 Å². The molecule has 9 nitrogen and oxygen atoms in total. The number of aryl methyl sites for hydroxylation is 1. The van der Waals surface area contributed by atoms with Gasteiger partial charge >= 0.3 is 17.8 Å². The van der Waals surface area contributed by atoms with E-state index in [1.807, 2.05) is 0 Å². The van der Waals surface area contributed by atoms with Crippen molar-refractivity contribution in [1.29, 1.82) is 0 Å². The second-order valence-corrected chi connectivity index (χ2v) is 6.97. The highest BCUT2D eigenvalue weighted by molar-refractivity contribution is 7.90. The summed E-state index contributed by atoms with van der Waals surface area (Å²) < 4.78 is 38.5. The van der Waals surface area contributed by atoms with E-state index in [0.717, 1.165) is 17.7 Å². The molecule has 0 radical (unpaired) electrons. The number of hydrazine groups is 1. The largest absolute Gasteiger partial charge is 0.347 e. The number of rotatable bonds is 3. The molecule has 0 bridgehead atoms. The first-order valence-corrected chi connectivity index (χ1v) is 8.92. The van der Waals surface area contributed by atoms with Crippen LogP contribution in [0.5, 0.6) is 0 Å². The van der Waals surface area contributed by atoms with Crippen molar-refractivity contribution < 1.29 is 27.2 Å². The molecule has 2 aromatic carbocycles. The minimum Gasteiger partial charge on any atom is -0.318 e. The number of anilines is 1. The van der Waals surface area contributed by atoms with Crippen LogP contribution in [0, 0.1) is 12.7 Å². The van der Waals surface area contributed by atoms with Crippen molar-refractivity contribution in [2.75, 3.05) is 5.32 Å². The van der Waals surface area contributed by atoms with Gasteiger partial charge in [-0.1, -0.05) is 17.7 Å². The smallest absolute Gasteiger partial charge is 0.318 e. The highest BCUT2D eigenvalue weighted by Gasteiger charge is 2.19. The van der Waals surface area contributed by atoms with Gasteiger partial charge in [0.25, 0.3) is 10.0 Å². The maximum Gasteiger partial charge on any atom is 0.347 e. The van der Waals surface area contributed by atoms with E-state index in [-0.39, 0.29) is 10.6 Å². The molecular formula is C16H15FN4O5S. The maximum absolute atomic E-state index is 12.8. The normalized spacial score (nSPS) is 10.6. The fourth-order valence-corrected chi connectivity index (χ4v) is 2.72. The summed E-state index contributed by atoms with van der Waals surface area (Å²) in [5, 5.41) is 2.16. The van der Waals surface area contributed by atoms with Crippen molar-refractivity contribution in [3.8, 4) is 0 Å². The minimum atomic E-state index is -4.15. The number of sulfonamides is 1. The Morgan fingerprint density at radius 1 is 0.852 bits per heavy atom. The molecule has 0 aliphatic carbocycles. The molecule has 2 rings (SSSR count). The van der Waals surface area contributed by atoms with Crippen LogP contribution in [-0.2, 0) is 19.6 Å². The molecular weight excluding hydrogens is 379 g/mol. The molecule has 0 aliphatic rings. The van der Waals surface area contributed by atoms with Gasteiger partial charge in [-0.05, 0) is 43.3 Å². The van der Waals surface area contributed by atoms with Crippen molar-refractivity contribution in [3.63, 3.8) is 0 Å². The summed E-state index contributed by atoms with van der Waals surface area (Å²) in [6.07, 6.45) is 0. The zero-order valence-corrected chi connectivity index (χ0v) is 14.8. The summed E-state index contributed by atoms with van der Waals surface area (Å²) in [4.78, 5) is 34.7. The Balaban J connectivity index is 1.86. The van der Waals surface area contributed by atoms with Gasteiger partial charge in [0.15, 0.2) is 0 Å². The zero-order valence-electron chi connectivity index (χ0n) is 13.9. The van der Waals surface area contributed by atoms with E-state index in [4.69, 9.17) is 0 Å². The van der Waals surface area contributed by atoms with Crippen molar-refractivity contribution in [2.45, 2.75) is 11.8 Å². The molecule has 2 aromatic rings. The Labute approximate surface area is 154 Å². The summed E-state index contributed by atoms with van der Waals surface area (Å²) in [5.74, 6) is -2.93. The zero-order chi connectivity index (χ0) is 20.0. The number of hydrogen-bond acceptors (Lipinski definition) is 5. The topological polar surface area (TPSA) is 133 Å². The third-order valence-corrected chi connectivity index (χ3v) is 4.50. The summed E-state index contributed by atoms with van der Waals surface area (Å²) in [5.41, 5.74) is 4.48. The van der Waals surface area contributed by atoms with Gasteiger partial charge in [0.2, 0.25) is 0 Å². The van der Waals surface area contributed by atoms with E-state index in [9.17, 15) is 27.2 Å². The van der Waals surface area contributed by atoms with Gasteiger partial charge in [0.05, 0.1) is 4.90 Å². The average Bonchev–Trinajstić information content (AvgIpc) is 2.61. The van der Waals surface area contributed by atoms with Crippen molar-refractivity contribution in [3.05, 3.63) is 59.9 Å². The van der Waals surface area contributed by atoms with Crippen molar-refractivity contribution in [2.24, 2.45) is 0 Å². The van der Waals surface area contributed by atoms with Crippen LogP contribution in [0.3, 0.4) is 0 Å². The summed E-state index contributed by atoms with van der Waals surface area (Å²) in [7, 11) is -4.15. The first kappa shape index (κ1) is 19.8. The van der Waals surface area contributed by atoms with Gasteiger partial charge < -0.3 is 5.32 Å². The second-order valence-electron chi connectivity index (χ2n) is 5.29. The quantitative estimate of drug-likeness (QED) is 0.451. The van der Waals surface area contributed by atoms with E-state index in [0.29, 0.717) is 0 Å². The first-order chi connectivity index (χ1) is 12.7. The Hall–Kier alpha value is -3.47. The van der Waals surface area contributed by atoms with E-state index in [1.165, 1.54) is 24.3 Å². The fraction of sp³-hybridized carbons (Fsp3) is 0.0625. The van der Waals surface area contributed by atoms with Crippen molar-refractivity contribution >= 4 is 33.6 Å². The molecule has 0 atom stereocenters. The van der Waals surface area contributed by atoms with Gasteiger partial charge in [-0.3, -0.25) is 15.0 Å². The lowest BCUT2D eigenvalue weighted by atomic mass is 10.2. The predicted octanol–water partition coefficient (Wildman–Crippen LogP) is 0.792. The predicted molar refractivity (Wildman–Crippen MR) is 93.2 cm³/mol. The Bertz CT molecular complexity index is 959. The first-order valence-electron chi connectivity index (χ1n) is 7.44. The van der Waals surface area contributed by atoms with Gasteiger partial charge in [-0.25, -0.2) is 27.8 Å². The van der Waals surface area contributed by atoms with Crippen LogP contribution >= 0.6 is 0 Å². The minimum absolute atomic E-state index is 0.149. The van der Waals surface area contributed by atoms with E-state index < -0.39 is 33.7 Å². The second kappa shape index (κ2) is 8.27. The highest BCUT2D eigenvalue weighted by Crippen LogP contribution is 2.09. The lowest BCUT2D eigenvalue weighted by Crippen LogP contribution is -2.51. The van der Waals surface area contributed by atoms with Crippen LogP contribution in [0.25, 0.3) is 0 Å². The molecule has 4 amide bonds. The Morgan fingerprint density at radius 2 is 1.44 bits per heavy atom. The highest BCUT2D eigenvalue weighted by atomic mass is 32.2. The maximum atomic E-state index is 12.8. The van der Waals surface area contributed by atoms with Gasteiger partial charge in [-0.2, -0.15) is 0 Å². The van der Waals surface area contributed by atoms with E-state index >= 15 is 0 Å². The van der Waals surface area contributed by atoms with E-state index in [1.54, 1.807) is 34.6 Å². The summed E-state index contributed by atoms with van der Waals surface area (Å²) in [6, 6.07) is 9.06. The molecule has 0 aliphatic heterocycles. The standard InChI is InChI=1S/C16H15FN4O5S/c1-10-2-8-13(9-3-10)27(25,26)21-16(24)20-19-15(23)14(22)18-12-6-4-11(17)5-7-12/h2-9H,1H3,(H,18,22)(H,19,23)(H2,20,21,24). The number of carbonyl (C=O) groups excluding carboxylic acids is 3. The molecule has 142 valence electrons. The van der Waals surface area contributed by atoms with Gasteiger partial charge in [0, 0.05) is 5.69 Å². The van der Waals surface area contributed by atoms with Crippen LogP contribution in [-0.4, -0.2) is 26.3 Å². The fourth-order valence-electron chi connectivity index (χ4n) is 1.82. The van der Waals surface area contributed by atoms with Crippen LogP contribution in [0.2, 0.25) is 0 Å². The number of urea groups is 1. The summed E-state index contributed by atoms with van der Waals surface area (Å²) >= 11 is 0. The van der Waals surface area contributed by atoms with Crippen LogP contribution in [0.15, 0.2) is 53.4 Å². The van der Waals surface area contributed by atoms with Crippen LogP contribution in [0.1, 0.15) is 5.56 Å². The number of nitrogens with one attached hydrogen (secondary N) is 4. The number of halogens is 1. The molecule has 0 spiro atoms. The molecule has 4 N–H and O–H groups in total. The third-order valence-electron chi connectivity index (χ3n) is 3.16. The molecule has 0 heterocycles. The third kappa shape index (κ3) is 5.78. The summed E-state index contributed by atoms with van der Waals surface area (Å²) in [6.45, 7) is 1.77. The lowest BCUT2D eigenvalue weighted by Gasteiger charge is -2.10. The van der Waals surface area contributed by atoms with Gasteiger partial charge in [0.1, 0.15) is 5.82 Å². The molecule has 0 saturated heterocycles. The molecule has 0 fully saturated rings. The molecule has 11 heteroatoms. The molecule has 27 heavy (non-hydrogen) atoms.